The highest BCUT2D eigenvalue weighted by Crippen LogP contribution is 2.24. The van der Waals surface area contributed by atoms with Gasteiger partial charge in [0, 0.05) is 55.0 Å². The first-order valence-corrected chi connectivity index (χ1v) is 13.1. The van der Waals surface area contributed by atoms with Crippen molar-refractivity contribution in [2.24, 2.45) is 5.73 Å². The number of nitrogens with one attached hydrogen (secondary N) is 3. The summed E-state index contributed by atoms with van der Waals surface area (Å²) in [6.07, 6.45) is 3.63. The molecule has 2 atom stereocenters. The van der Waals surface area contributed by atoms with Crippen LogP contribution >= 0.6 is 0 Å². The Balaban J connectivity index is 1.17. The molecule has 3 aromatic rings. The molecule has 0 aliphatic carbocycles. The van der Waals surface area contributed by atoms with Crippen LogP contribution in [0.5, 0.6) is 0 Å². The van der Waals surface area contributed by atoms with Gasteiger partial charge in [-0.3, -0.25) is 9.59 Å². The van der Waals surface area contributed by atoms with Crippen molar-refractivity contribution in [1.82, 2.24) is 20.2 Å². The van der Waals surface area contributed by atoms with Gasteiger partial charge in [0.2, 0.25) is 17.8 Å². The van der Waals surface area contributed by atoms with Crippen LogP contribution < -0.4 is 26.6 Å². The van der Waals surface area contributed by atoms with Crippen molar-refractivity contribution in [2.45, 2.75) is 31.8 Å². The fourth-order valence-electron chi connectivity index (χ4n) is 4.80. The maximum absolute atomic E-state index is 12.3. The topological polar surface area (TPSA) is 129 Å². The minimum absolute atomic E-state index is 0.00556. The predicted molar refractivity (Wildman–Crippen MR) is 149 cm³/mol. The van der Waals surface area contributed by atoms with Gasteiger partial charge < -0.3 is 31.5 Å². The number of carbonyl (C=O) groups is 2. The number of benzene rings is 2. The zero-order valence-corrected chi connectivity index (χ0v) is 21.6. The van der Waals surface area contributed by atoms with Gasteiger partial charge in [0.05, 0.1) is 17.8 Å². The largest absolute Gasteiger partial charge is 0.368 e. The highest BCUT2D eigenvalue weighted by Gasteiger charge is 2.23. The summed E-state index contributed by atoms with van der Waals surface area (Å²) in [6.45, 7) is 5.51. The normalized spacial score (nSPS) is 18.2. The van der Waals surface area contributed by atoms with Gasteiger partial charge in [0.15, 0.2) is 0 Å². The molecule has 3 heterocycles. The van der Waals surface area contributed by atoms with E-state index in [9.17, 15) is 9.59 Å². The molecule has 5 N–H and O–H groups in total. The monoisotopic (exact) mass is 514 g/mol. The first kappa shape index (κ1) is 25.6. The molecule has 10 nitrogen and oxygen atoms in total. The molecule has 2 aromatic carbocycles. The van der Waals surface area contributed by atoms with Gasteiger partial charge in [-0.1, -0.05) is 12.1 Å². The Morgan fingerprint density at radius 3 is 2.37 bits per heavy atom. The minimum Gasteiger partial charge on any atom is -0.368 e. The highest BCUT2D eigenvalue weighted by atomic mass is 16.2. The first-order valence-electron chi connectivity index (χ1n) is 13.1. The fraction of sp³-hybridized carbons (Fsp3) is 0.357. The molecule has 38 heavy (non-hydrogen) atoms. The Bertz CT molecular complexity index is 1250. The lowest BCUT2D eigenvalue weighted by Crippen LogP contribution is -2.52. The molecule has 2 amide bonds. The number of anilines is 4. The van der Waals surface area contributed by atoms with Gasteiger partial charge >= 0.3 is 0 Å². The quantitative estimate of drug-likeness (QED) is 0.379. The Hall–Kier alpha value is -4.02. The number of nitrogens with two attached hydrogens (primary N) is 1. The van der Waals surface area contributed by atoms with Gasteiger partial charge in [0.1, 0.15) is 0 Å². The van der Waals surface area contributed by atoms with Crippen molar-refractivity contribution >= 4 is 34.8 Å². The summed E-state index contributed by atoms with van der Waals surface area (Å²) in [7, 11) is 0. The first-order chi connectivity index (χ1) is 18.5. The fourth-order valence-corrected chi connectivity index (χ4v) is 4.80. The van der Waals surface area contributed by atoms with Crippen molar-refractivity contribution in [3.63, 3.8) is 0 Å². The number of hydrogen-bond acceptors (Lipinski definition) is 8. The number of rotatable bonds is 7. The summed E-state index contributed by atoms with van der Waals surface area (Å²) in [6, 6.07) is 17.1. The van der Waals surface area contributed by atoms with Crippen molar-refractivity contribution in [3.05, 3.63) is 60.8 Å². The SMILES string of the molecule is CC(N)C(=O)N1CCN(c2ccc(Nc3nccc(-c4ccc(NC(=O)C5CCCN5)cc4)n3)cc2)CC1. The number of nitrogens with zero attached hydrogens (tertiary/aromatic N) is 4. The smallest absolute Gasteiger partial charge is 0.241 e. The summed E-state index contributed by atoms with van der Waals surface area (Å²) in [5, 5.41) is 9.46. The lowest BCUT2D eigenvalue weighted by Gasteiger charge is -2.36. The summed E-state index contributed by atoms with van der Waals surface area (Å²) in [5.41, 5.74) is 10.2. The van der Waals surface area contributed by atoms with Crippen LogP contribution in [0.15, 0.2) is 60.8 Å². The Morgan fingerprint density at radius 1 is 1.00 bits per heavy atom. The predicted octanol–water partition coefficient (Wildman–Crippen LogP) is 2.57. The molecule has 10 heteroatoms. The number of carbonyl (C=O) groups excluding carboxylic acids is 2. The maximum atomic E-state index is 12.3. The van der Waals surface area contributed by atoms with E-state index in [-0.39, 0.29) is 17.9 Å². The molecule has 198 valence electrons. The van der Waals surface area contributed by atoms with Crippen LogP contribution in [-0.2, 0) is 9.59 Å². The number of amides is 2. The Morgan fingerprint density at radius 2 is 1.71 bits per heavy atom. The molecule has 2 unspecified atom stereocenters. The minimum atomic E-state index is -0.460. The van der Waals surface area contributed by atoms with Crippen molar-refractivity contribution in [2.75, 3.05) is 48.3 Å². The molecule has 2 fully saturated rings. The summed E-state index contributed by atoms with van der Waals surface area (Å²) < 4.78 is 0. The summed E-state index contributed by atoms with van der Waals surface area (Å²) in [5.74, 6) is 0.516. The van der Waals surface area contributed by atoms with E-state index in [0.717, 1.165) is 60.8 Å². The van der Waals surface area contributed by atoms with Gasteiger partial charge in [-0.2, -0.15) is 0 Å². The number of hydrogen-bond donors (Lipinski definition) is 4. The summed E-state index contributed by atoms with van der Waals surface area (Å²) in [4.78, 5) is 37.6. The van der Waals surface area contributed by atoms with Crippen LogP contribution in [-0.4, -0.2) is 71.5 Å². The van der Waals surface area contributed by atoms with Crippen molar-refractivity contribution in [3.8, 4) is 11.3 Å². The van der Waals surface area contributed by atoms with Crippen molar-refractivity contribution < 1.29 is 9.59 Å². The van der Waals surface area contributed by atoms with Crippen LogP contribution in [0.2, 0.25) is 0 Å². The summed E-state index contributed by atoms with van der Waals surface area (Å²) >= 11 is 0. The third kappa shape index (κ3) is 6.09. The lowest BCUT2D eigenvalue weighted by atomic mass is 10.1. The second kappa shape index (κ2) is 11.6. The van der Waals surface area contributed by atoms with Crippen LogP contribution in [0.1, 0.15) is 19.8 Å². The molecule has 1 aromatic heterocycles. The molecule has 0 bridgehead atoms. The Kier molecular flexibility index (Phi) is 7.81. The third-order valence-electron chi connectivity index (χ3n) is 6.95. The van der Waals surface area contributed by atoms with E-state index < -0.39 is 6.04 Å². The number of piperazine rings is 1. The van der Waals surface area contributed by atoms with E-state index in [2.05, 4.69) is 43.0 Å². The second-order valence-corrected chi connectivity index (χ2v) is 9.75. The molecule has 5 rings (SSSR count). The lowest BCUT2D eigenvalue weighted by molar-refractivity contribution is -0.132. The maximum Gasteiger partial charge on any atom is 0.241 e. The molecular weight excluding hydrogens is 480 g/mol. The zero-order valence-electron chi connectivity index (χ0n) is 21.6. The molecule has 0 saturated carbocycles. The van der Waals surface area contributed by atoms with Crippen LogP contribution in [0, 0.1) is 0 Å². The van der Waals surface area contributed by atoms with E-state index in [1.54, 1.807) is 13.1 Å². The van der Waals surface area contributed by atoms with E-state index >= 15 is 0 Å². The average Bonchev–Trinajstić information content (AvgIpc) is 3.49. The second-order valence-electron chi connectivity index (χ2n) is 9.75. The van der Waals surface area contributed by atoms with Crippen LogP contribution in [0.3, 0.4) is 0 Å². The van der Waals surface area contributed by atoms with Gasteiger partial charge in [-0.15, -0.1) is 0 Å². The zero-order chi connectivity index (χ0) is 26.5. The Labute approximate surface area is 222 Å². The average molecular weight is 515 g/mol. The van der Waals surface area contributed by atoms with Gasteiger partial charge in [-0.05, 0) is 68.8 Å². The van der Waals surface area contributed by atoms with E-state index in [1.807, 2.05) is 47.4 Å². The van der Waals surface area contributed by atoms with E-state index in [1.165, 1.54) is 0 Å². The molecule has 0 spiro atoms. The standard InChI is InChI=1S/C28H34N8O2/c1-19(29)27(38)36-17-15-35(16-18-36)23-10-8-22(9-11-23)33-28-31-14-12-24(34-28)20-4-6-21(7-5-20)32-26(37)25-3-2-13-30-25/h4-12,14,19,25,30H,2-3,13,15-18,29H2,1H3,(H,32,37)(H,31,33,34). The molecule has 0 radical (unpaired) electrons. The highest BCUT2D eigenvalue weighted by molar-refractivity contribution is 5.95. The van der Waals surface area contributed by atoms with E-state index in [0.29, 0.717) is 19.0 Å². The van der Waals surface area contributed by atoms with Crippen LogP contribution in [0.4, 0.5) is 23.0 Å². The molecular formula is C28H34N8O2. The molecule has 2 aliphatic rings. The molecule has 2 saturated heterocycles. The number of aromatic nitrogens is 2. The third-order valence-corrected chi connectivity index (χ3v) is 6.95. The van der Waals surface area contributed by atoms with Crippen LogP contribution in [0.25, 0.3) is 11.3 Å². The van der Waals surface area contributed by atoms with Gasteiger partial charge in [0.25, 0.3) is 0 Å². The van der Waals surface area contributed by atoms with E-state index in [4.69, 9.17) is 5.73 Å². The van der Waals surface area contributed by atoms with Crippen molar-refractivity contribution in [1.29, 1.82) is 0 Å². The molecule has 2 aliphatic heterocycles. The van der Waals surface area contributed by atoms with Gasteiger partial charge in [-0.25, -0.2) is 9.97 Å².